The van der Waals surface area contributed by atoms with Crippen molar-refractivity contribution in [3.8, 4) is 0 Å². The molecule has 0 aromatic rings. The third-order valence-corrected chi connectivity index (χ3v) is 2.78. The van der Waals surface area contributed by atoms with E-state index in [0.717, 1.165) is 4.90 Å². The molecule has 1 saturated heterocycles. The zero-order chi connectivity index (χ0) is 13.1. The largest absolute Gasteiger partial charge is 0.393 e. The molecule has 1 rings (SSSR count). The molecule has 0 spiro atoms. The van der Waals surface area contributed by atoms with Crippen molar-refractivity contribution in [2.75, 3.05) is 19.0 Å². The quantitative estimate of drug-likeness (QED) is 0.739. The summed E-state index contributed by atoms with van der Waals surface area (Å²) in [6.45, 7) is -0.196. The number of likely N-dealkylation sites (tertiary alicyclic amines) is 1. The number of halogens is 4. The van der Waals surface area contributed by atoms with Crippen molar-refractivity contribution in [3.05, 3.63) is 0 Å². The van der Waals surface area contributed by atoms with Crippen LogP contribution in [0.5, 0.6) is 0 Å². The summed E-state index contributed by atoms with van der Waals surface area (Å²) in [5.41, 5.74) is 0. The lowest BCUT2D eigenvalue weighted by Crippen LogP contribution is -2.50. The Labute approximate surface area is 101 Å². The number of piperidine rings is 1. The molecule has 0 aromatic heterocycles. The number of amides is 3. The predicted octanol–water partition coefficient (Wildman–Crippen LogP) is 1.74. The maximum absolute atomic E-state index is 12.5. The van der Waals surface area contributed by atoms with E-state index in [4.69, 9.17) is 11.6 Å². The molecule has 0 radical (unpaired) electrons. The van der Waals surface area contributed by atoms with E-state index in [9.17, 15) is 22.8 Å². The van der Waals surface area contributed by atoms with Crippen LogP contribution < -0.4 is 5.32 Å². The van der Waals surface area contributed by atoms with E-state index in [2.05, 4.69) is 0 Å². The molecule has 1 aliphatic rings. The number of carbonyl (C=O) groups excluding carboxylic acids is 2. The van der Waals surface area contributed by atoms with Crippen LogP contribution in [0.25, 0.3) is 0 Å². The van der Waals surface area contributed by atoms with E-state index in [1.54, 1.807) is 0 Å². The van der Waals surface area contributed by atoms with Crippen LogP contribution in [0.4, 0.5) is 18.0 Å². The van der Waals surface area contributed by atoms with Crippen LogP contribution in [0.15, 0.2) is 0 Å². The van der Waals surface area contributed by atoms with Gasteiger partial charge in [-0.25, -0.2) is 4.79 Å². The SMILES string of the molecule is O=C(CCl)NC(=O)N1CCCC(C(F)(F)F)C1. The number of hydrogen-bond donors (Lipinski definition) is 1. The highest BCUT2D eigenvalue weighted by atomic mass is 35.5. The predicted molar refractivity (Wildman–Crippen MR) is 54.6 cm³/mol. The first-order valence-corrected chi connectivity index (χ1v) is 5.59. The topological polar surface area (TPSA) is 49.4 Å². The molecule has 17 heavy (non-hydrogen) atoms. The summed E-state index contributed by atoms with van der Waals surface area (Å²) in [4.78, 5) is 23.2. The van der Waals surface area contributed by atoms with Crippen molar-refractivity contribution in [3.63, 3.8) is 0 Å². The Kier molecular flexibility index (Phi) is 4.62. The van der Waals surface area contributed by atoms with Gasteiger partial charge in [0.25, 0.3) is 0 Å². The van der Waals surface area contributed by atoms with Crippen molar-refractivity contribution in [1.82, 2.24) is 10.2 Å². The van der Waals surface area contributed by atoms with Gasteiger partial charge in [-0.05, 0) is 12.8 Å². The van der Waals surface area contributed by atoms with Crippen molar-refractivity contribution in [2.45, 2.75) is 19.0 Å². The minimum absolute atomic E-state index is 0.0106. The lowest BCUT2D eigenvalue weighted by Gasteiger charge is -2.33. The Balaban J connectivity index is 2.55. The average molecular weight is 273 g/mol. The number of carbonyl (C=O) groups is 2. The third kappa shape index (κ3) is 4.07. The van der Waals surface area contributed by atoms with E-state index >= 15 is 0 Å². The first-order valence-electron chi connectivity index (χ1n) is 5.06. The Morgan fingerprint density at radius 3 is 2.59 bits per heavy atom. The van der Waals surface area contributed by atoms with Crippen molar-refractivity contribution < 1.29 is 22.8 Å². The molecule has 98 valence electrons. The van der Waals surface area contributed by atoms with Crippen LogP contribution in [0.2, 0.25) is 0 Å². The molecule has 0 aromatic carbocycles. The molecule has 0 aliphatic carbocycles. The number of imide groups is 1. The monoisotopic (exact) mass is 272 g/mol. The zero-order valence-electron chi connectivity index (χ0n) is 8.89. The number of nitrogens with one attached hydrogen (secondary N) is 1. The van der Waals surface area contributed by atoms with E-state index in [-0.39, 0.29) is 19.4 Å². The second-order valence-electron chi connectivity index (χ2n) is 3.81. The van der Waals surface area contributed by atoms with Gasteiger partial charge >= 0.3 is 12.2 Å². The van der Waals surface area contributed by atoms with E-state index in [0.29, 0.717) is 0 Å². The van der Waals surface area contributed by atoms with Crippen molar-refractivity contribution in [2.24, 2.45) is 5.92 Å². The summed E-state index contributed by atoms with van der Waals surface area (Å²) in [7, 11) is 0. The van der Waals surface area contributed by atoms with Crippen molar-refractivity contribution >= 4 is 23.5 Å². The number of hydrogen-bond acceptors (Lipinski definition) is 2. The highest BCUT2D eigenvalue weighted by Gasteiger charge is 2.42. The number of nitrogens with zero attached hydrogens (tertiary/aromatic N) is 1. The molecule has 0 saturated carbocycles. The Hall–Kier alpha value is -0.980. The van der Waals surface area contributed by atoms with Gasteiger partial charge in [-0.3, -0.25) is 10.1 Å². The molecule has 1 fully saturated rings. The van der Waals surface area contributed by atoms with Gasteiger partial charge in [-0.2, -0.15) is 13.2 Å². The zero-order valence-corrected chi connectivity index (χ0v) is 9.64. The minimum Gasteiger partial charge on any atom is -0.324 e. The van der Waals surface area contributed by atoms with Crippen LogP contribution in [-0.2, 0) is 4.79 Å². The first kappa shape index (κ1) is 14.1. The smallest absolute Gasteiger partial charge is 0.324 e. The summed E-state index contributed by atoms with van der Waals surface area (Å²) < 4.78 is 37.4. The molecule has 1 atom stereocenters. The molecule has 8 heteroatoms. The van der Waals surface area contributed by atoms with Crippen LogP contribution >= 0.6 is 11.6 Å². The highest BCUT2D eigenvalue weighted by Crippen LogP contribution is 2.32. The Bertz CT molecular complexity index is 309. The second-order valence-corrected chi connectivity index (χ2v) is 4.08. The van der Waals surface area contributed by atoms with Crippen molar-refractivity contribution in [1.29, 1.82) is 0 Å². The lowest BCUT2D eigenvalue weighted by molar-refractivity contribution is -0.183. The molecule has 0 bridgehead atoms. The van der Waals surface area contributed by atoms with Crippen LogP contribution in [0.3, 0.4) is 0 Å². The highest BCUT2D eigenvalue weighted by molar-refractivity contribution is 6.28. The molecule has 4 nitrogen and oxygen atoms in total. The van der Waals surface area contributed by atoms with Gasteiger partial charge in [-0.1, -0.05) is 0 Å². The molecular formula is C9H12ClF3N2O2. The molecule has 1 N–H and O–H groups in total. The van der Waals surface area contributed by atoms with Gasteiger partial charge in [0.05, 0.1) is 5.92 Å². The van der Waals surface area contributed by atoms with Crippen LogP contribution in [-0.4, -0.2) is 42.0 Å². The minimum atomic E-state index is -4.31. The van der Waals surface area contributed by atoms with E-state index in [1.807, 2.05) is 5.32 Å². The lowest BCUT2D eigenvalue weighted by atomic mass is 9.98. The Morgan fingerprint density at radius 1 is 1.41 bits per heavy atom. The van der Waals surface area contributed by atoms with Gasteiger partial charge in [0, 0.05) is 13.1 Å². The number of urea groups is 1. The maximum Gasteiger partial charge on any atom is 0.393 e. The third-order valence-electron chi connectivity index (χ3n) is 2.54. The molecule has 3 amide bonds. The summed E-state index contributed by atoms with van der Waals surface area (Å²) in [5, 5.41) is 1.92. The fourth-order valence-corrected chi connectivity index (χ4v) is 1.73. The molecule has 1 heterocycles. The van der Waals surface area contributed by atoms with Crippen LogP contribution in [0, 0.1) is 5.92 Å². The normalized spacial score (nSPS) is 21.2. The van der Waals surface area contributed by atoms with Crippen LogP contribution in [0.1, 0.15) is 12.8 Å². The fourth-order valence-electron chi connectivity index (χ4n) is 1.66. The number of alkyl halides is 4. The summed E-state index contributed by atoms with van der Waals surface area (Å²) in [6, 6.07) is -0.815. The Morgan fingerprint density at radius 2 is 2.06 bits per heavy atom. The van der Waals surface area contributed by atoms with Gasteiger partial charge in [0.2, 0.25) is 5.91 Å². The second kappa shape index (κ2) is 5.57. The summed E-state index contributed by atoms with van der Waals surface area (Å²) in [5.74, 6) is -2.64. The maximum atomic E-state index is 12.5. The summed E-state index contributed by atoms with van der Waals surface area (Å²) in [6.07, 6.45) is -4.03. The van der Waals surface area contributed by atoms with Gasteiger partial charge in [0.1, 0.15) is 5.88 Å². The number of rotatable bonds is 1. The fraction of sp³-hybridized carbons (Fsp3) is 0.778. The first-order chi connectivity index (χ1) is 7.84. The van der Waals surface area contributed by atoms with E-state index in [1.165, 1.54) is 0 Å². The molecular weight excluding hydrogens is 261 g/mol. The average Bonchev–Trinajstić information content (AvgIpc) is 2.28. The standard InChI is InChI=1S/C9H12ClF3N2O2/c10-4-7(16)14-8(17)15-3-1-2-6(5-15)9(11,12)13/h6H,1-5H2,(H,14,16,17). The molecule has 1 aliphatic heterocycles. The van der Waals surface area contributed by atoms with E-state index < -0.39 is 36.5 Å². The summed E-state index contributed by atoms with van der Waals surface area (Å²) >= 11 is 5.17. The van der Waals surface area contributed by atoms with Gasteiger partial charge < -0.3 is 4.90 Å². The van der Waals surface area contributed by atoms with Gasteiger partial charge in [-0.15, -0.1) is 11.6 Å². The van der Waals surface area contributed by atoms with Gasteiger partial charge in [0.15, 0.2) is 0 Å². The molecule has 1 unspecified atom stereocenters.